The minimum atomic E-state index is -3.78. The molecule has 0 N–H and O–H groups in total. The smallest absolute Gasteiger partial charge is 0.337 e. The highest BCUT2D eigenvalue weighted by Crippen LogP contribution is 2.48. The van der Waals surface area contributed by atoms with E-state index in [1.807, 2.05) is 88.4 Å². The van der Waals surface area contributed by atoms with Crippen LogP contribution in [0.3, 0.4) is 0 Å². The Bertz CT molecular complexity index is 1560. The molecule has 3 saturated heterocycles. The maximum absolute atomic E-state index is 14.5. The number of carbonyl (C=O) groups is 1. The van der Waals surface area contributed by atoms with Crippen LogP contribution < -0.4 is 0 Å². The van der Waals surface area contributed by atoms with Crippen LogP contribution in [0.4, 0.5) is 0 Å². The third-order valence-corrected chi connectivity index (χ3v) is 17.0. The summed E-state index contributed by atoms with van der Waals surface area (Å²) >= 11 is 0. The van der Waals surface area contributed by atoms with Crippen molar-refractivity contribution in [3.05, 3.63) is 71.8 Å². The predicted molar refractivity (Wildman–Crippen MR) is 206 cm³/mol. The van der Waals surface area contributed by atoms with Gasteiger partial charge in [-0.05, 0) is 57.0 Å². The molecule has 12 nitrogen and oxygen atoms in total. The van der Waals surface area contributed by atoms with Crippen molar-refractivity contribution in [1.29, 1.82) is 0 Å². The fourth-order valence-electron chi connectivity index (χ4n) is 6.97. The van der Waals surface area contributed by atoms with Crippen LogP contribution in [-0.2, 0) is 69.2 Å². The molecule has 3 aliphatic heterocycles. The van der Waals surface area contributed by atoms with Crippen molar-refractivity contribution >= 4 is 21.7 Å². The maximum Gasteiger partial charge on any atom is 0.337 e. The highest BCUT2D eigenvalue weighted by Gasteiger charge is 2.59. The van der Waals surface area contributed by atoms with E-state index in [2.05, 4.69) is 33.9 Å². The zero-order chi connectivity index (χ0) is 39.5. The standard InChI is InChI=1S/C40H61O12PSi/c1-38(2,3)54(10,11)52-36(33(29(41)26-53(42,43-8)44-9)46-24-28-20-16-13-17-21-28)30-22-31-34(50-39(4,5)48-31)37(47-30)35-32(49-40(6,7)51-35)25-45-23-27-18-14-12-15-19-27/h12-21,30-37H,22-26H2,1-11H3/t30-,31-,32-,33-,34-,35+,36+,37-/m1/s1. The van der Waals surface area contributed by atoms with Crippen LogP contribution in [0, 0.1) is 0 Å². The Kier molecular flexibility index (Phi) is 13.9. The molecular weight excluding hydrogens is 731 g/mol. The quantitative estimate of drug-likeness (QED) is 0.117. The van der Waals surface area contributed by atoms with Crippen molar-refractivity contribution in [1.82, 2.24) is 0 Å². The molecule has 302 valence electrons. The molecule has 0 radical (unpaired) electrons. The predicted octanol–water partition coefficient (Wildman–Crippen LogP) is 7.43. The number of hydrogen-bond acceptors (Lipinski definition) is 12. The first kappa shape index (κ1) is 43.3. The highest BCUT2D eigenvalue weighted by atomic mass is 31.2. The number of fused-ring (bicyclic) bond motifs is 1. The highest BCUT2D eigenvalue weighted by molar-refractivity contribution is 7.54. The van der Waals surface area contributed by atoms with Crippen LogP contribution in [0.15, 0.2) is 60.7 Å². The van der Waals surface area contributed by atoms with Gasteiger partial charge in [0.1, 0.15) is 42.8 Å². The molecule has 0 spiro atoms. The molecule has 2 aromatic carbocycles. The lowest BCUT2D eigenvalue weighted by Gasteiger charge is -2.47. The molecule has 14 heteroatoms. The van der Waals surface area contributed by atoms with Crippen LogP contribution in [-0.4, -0.2) is 101 Å². The van der Waals surface area contributed by atoms with Gasteiger partial charge in [-0.15, -0.1) is 0 Å². The van der Waals surface area contributed by atoms with Gasteiger partial charge in [0.2, 0.25) is 0 Å². The van der Waals surface area contributed by atoms with Gasteiger partial charge in [-0.2, -0.15) is 0 Å². The van der Waals surface area contributed by atoms with Gasteiger partial charge in [-0.25, -0.2) is 0 Å². The van der Waals surface area contributed by atoms with Gasteiger partial charge in [0.25, 0.3) is 0 Å². The second-order valence-electron chi connectivity index (χ2n) is 16.8. The molecule has 3 fully saturated rings. The molecule has 0 bridgehead atoms. The molecule has 0 aliphatic carbocycles. The summed E-state index contributed by atoms with van der Waals surface area (Å²) in [6.07, 6.45) is -5.88. The Labute approximate surface area is 322 Å². The first-order valence-electron chi connectivity index (χ1n) is 18.8. The van der Waals surface area contributed by atoms with Crippen LogP contribution >= 0.6 is 7.60 Å². The van der Waals surface area contributed by atoms with E-state index in [1.165, 1.54) is 14.2 Å². The lowest BCUT2D eigenvalue weighted by molar-refractivity contribution is -0.224. The lowest BCUT2D eigenvalue weighted by atomic mass is 9.89. The monoisotopic (exact) mass is 792 g/mol. The van der Waals surface area contributed by atoms with Crippen LogP contribution in [0.1, 0.15) is 66.0 Å². The number of Topliss-reactive ketones (excluding diaryl/α,β-unsaturated/α-hetero) is 1. The fraction of sp³-hybridized carbons (Fsp3) is 0.675. The summed E-state index contributed by atoms with van der Waals surface area (Å²) in [4.78, 5) is 14.5. The average molecular weight is 793 g/mol. The molecule has 3 aliphatic rings. The molecule has 0 aromatic heterocycles. The summed E-state index contributed by atoms with van der Waals surface area (Å²) < 4.78 is 77.1. The van der Waals surface area contributed by atoms with Crippen molar-refractivity contribution in [3.8, 4) is 0 Å². The molecule has 5 rings (SSSR count). The van der Waals surface area contributed by atoms with E-state index >= 15 is 0 Å². The summed E-state index contributed by atoms with van der Waals surface area (Å²) in [5.74, 6) is -2.35. The van der Waals surface area contributed by atoms with E-state index in [0.29, 0.717) is 13.0 Å². The molecule has 8 atom stereocenters. The number of rotatable bonds is 17. The fourth-order valence-corrected chi connectivity index (χ4v) is 9.24. The van der Waals surface area contributed by atoms with Gasteiger partial charge in [0, 0.05) is 20.6 Å². The van der Waals surface area contributed by atoms with E-state index in [4.69, 9.17) is 46.6 Å². The van der Waals surface area contributed by atoms with Gasteiger partial charge >= 0.3 is 7.60 Å². The third kappa shape index (κ3) is 10.8. The average Bonchev–Trinajstić information content (AvgIpc) is 3.60. The molecule has 0 saturated carbocycles. The third-order valence-electron chi connectivity index (χ3n) is 10.7. The topological polar surface area (TPSA) is 126 Å². The van der Waals surface area contributed by atoms with Crippen LogP contribution in [0.5, 0.6) is 0 Å². The Morgan fingerprint density at radius 1 is 0.833 bits per heavy atom. The zero-order valence-corrected chi connectivity index (χ0v) is 35.7. The van der Waals surface area contributed by atoms with Crippen LogP contribution in [0.2, 0.25) is 18.1 Å². The molecular formula is C40H61O12PSi. The summed E-state index contributed by atoms with van der Waals surface area (Å²) in [7, 11) is -3.89. The molecule has 0 amide bonds. The second kappa shape index (κ2) is 17.3. The SMILES string of the molecule is COP(=O)(CC(=O)[C@@H](OCc1ccccc1)[C@@H](O[Si](C)(C)C(C)(C)C)[C@H]1C[C@H]2OC(C)(C)O[C@H]2[C@H]([C@H]2OC(C)(C)O[C@@H]2COCc2ccccc2)O1)OC. The van der Waals surface area contributed by atoms with Crippen molar-refractivity contribution in [3.63, 3.8) is 0 Å². The Hall–Kier alpha value is -1.84. The van der Waals surface area contributed by atoms with E-state index in [1.54, 1.807) is 0 Å². The van der Waals surface area contributed by atoms with Crippen molar-refractivity contribution in [2.45, 2.75) is 147 Å². The van der Waals surface area contributed by atoms with Gasteiger partial charge < -0.3 is 46.6 Å². The Balaban J connectivity index is 1.53. The molecule has 54 heavy (non-hydrogen) atoms. The largest absolute Gasteiger partial charge is 0.408 e. The minimum Gasteiger partial charge on any atom is -0.408 e. The normalized spacial score (nSPS) is 28.1. The zero-order valence-electron chi connectivity index (χ0n) is 33.8. The first-order chi connectivity index (χ1) is 25.3. The second-order valence-corrected chi connectivity index (χ2v) is 23.8. The number of ketones is 1. The number of hydrogen-bond donors (Lipinski definition) is 0. The maximum atomic E-state index is 14.5. The summed E-state index contributed by atoms with van der Waals surface area (Å²) in [5, 5.41) is -0.244. The summed E-state index contributed by atoms with van der Waals surface area (Å²) in [6.45, 7) is 18.8. The van der Waals surface area contributed by atoms with E-state index in [-0.39, 0.29) is 18.3 Å². The summed E-state index contributed by atoms with van der Waals surface area (Å²) in [6, 6.07) is 19.5. The van der Waals surface area contributed by atoms with Crippen LogP contribution in [0.25, 0.3) is 0 Å². The van der Waals surface area contributed by atoms with Gasteiger partial charge in [-0.1, -0.05) is 81.4 Å². The number of carbonyl (C=O) groups excluding carboxylic acids is 1. The van der Waals surface area contributed by atoms with Gasteiger partial charge in [-0.3, -0.25) is 9.36 Å². The molecule has 3 heterocycles. The number of ether oxygens (including phenoxy) is 7. The van der Waals surface area contributed by atoms with Crippen molar-refractivity contribution in [2.24, 2.45) is 0 Å². The van der Waals surface area contributed by atoms with Gasteiger partial charge in [0.15, 0.2) is 25.7 Å². The van der Waals surface area contributed by atoms with Crippen molar-refractivity contribution in [2.75, 3.05) is 27.0 Å². The molecule has 2 aromatic rings. The van der Waals surface area contributed by atoms with Gasteiger partial charge in [0.05, 0.1) is 32.0 Å². The summed E-state index contributed by atoms with van der Waals surface area (Å²) in [5.41, 5.74) is 1.90. The van der Waals surface area contributed by atoms with E-state index in [9.17, 15) is 9.36 Å². The van der Waals surface area contributed by atoms with E-state index < -0.39 is 88.3 Å². The molecule has 0 unspecified atom stereocenters. The minimum absolute atomic E-state index is 0.0995. The van der Waals surface area contributed by atoms with E-state index in [0.717, 1.165) is 11.1 Å². The Morgan fingerprint density at radius 2 is 1.39 bits per heavy atom. The lowest BCUT2D eigenvalue weighted by Crippen LogP contribution is -2.62. The van der Waals surface area contributed by atoms with Crippen molar-refractivity contribution < 1.29 is 56.0 Å². The first-order valence-corrected chi connectivity index (χ1v) is 23.4. The number of benzene rings is 2. The Morgan fingerprint density at radius 3 is 1.96 bits per heavy atom.